The van der Waals surface area contributed by atoms with E-state index in [1.165, 1.54) is 0 Å². The van der Waals surface area contributed by atoms with E-state index in [9.17, 15) is 0 Å². The highest BCUT2D eigenvalue weighted by molar-refractivity contribution is 4.98. The van der Waals surface area contributed by atoms with Gasteiger partial charge in [-0.15, -0.1) is 19.1 Å². The van der Waals surface area contributed by atoms with E-state index in [0.29, 0.717) is 6.61 Å². The van der Waals surface area contributed by atoms with Crippen molar-refractivity contribution in [3.05, 3.63) is 25.3 Å². The second kappa shape index (κ2) is 6.12. The predicted octanol–water partition coefficient (Wildman–Crippen LogP) is 1.77. The first-order chi connectivity index (χ1) is 4.85. The number of rotatable bonds is 4. The lowest BCUT2D eigenvalue weighted by Crippen LogP contribution is -2.05. The van der Waals surface area contributed by atoms with Crippen LogP contribution in [0.5, 0.6) is 0 Å². The van der Waals surface area contributed by atoms with Crippen molar-refractivity contribution in [2.75, 3.05) is 6.61 Å². The van der Waals surface area contributed by atoms with Crippen molar-refractivity contribution >= 4 is 0 Å². The molecule has 0 radical (unpaired) electrons. The Morgan fingerprint density at radius 1 is 1.50 bits per heavy atom. The second-order valence-electron chi connectivity index (χ2n) is 1.67. The lowest BCUT2D eigenvalue weighted by molar-refractivity contribution is 0.147. The minimum atomic E-state index is -0.0687. The van der Waals surface area contributed by atoms with E-state index < -0.39 is 0 Å². The normalized spacial score (nSPS) is 8.20. The molecule has 0 bridgehead atoms. The van der Waals surface area contributed by atoms with Gasteiger partial charge in [0, 0.05) is 0 Å². The monoisotopic (exact) mass is 136 g/mol. The molecule has 0 aromatic heterocycles. The molecule has 0 saturated carbocycles. The Hall–Kier alpha value is -1.00. The summed E-state index contributed by atoms with van der Waals surface area (Å²) in [7, 11) is 0. The zero-order chi connectivity index (χ0) is 7.82. The van der Waals surface area contributed by atoms with Crippen LogP contribution in [0, 0.1) is 11.8 Å². The standard InChI is InChI=1S/C9H12O/c1-4-7-8-10-9(5-2)6-3/h5-6,9H,2-3,8H2,1H3. The van der Waals surface area contributed by atoms with Crippen LogP contribution in [0.2, 0.25) is 0 Å². The van der Waals surface area contributed by atoms with Crippen LogP contribution < -0.4 is 0 Å². The van der Waals surface area contributed by atoms with Crippen LogP contribution in [0.3, 0.4) is 0 Å². The SMILES string of the molecule is C=CC(C=C)OCC#CC. The summed E-state index contributed by atoms with van der Waals surface area (Å²) in [5.74, 6) is 5.51. The number of ether oxygens (including phenoxy) is 1. The molecule has 0 aromatic carbocycles. The quantitative estimate of drug-likeness (QED) is 0.422. The molecule has 0 rings (SSSR count). The summed E-state index contributed by atoms with van der Waals surface area (Å²) in [5, 5.41) is 0. The minimum absolute atomic E-state index is 0.0687. The highest BCUT2D eigenvalue weighted by Gasteiger charge is 1.93. The van der Waals surface area contributed by atoms with Gasteiger partial charge in [0.15, 0.2) is 0 Å². The van der Waals surface area contributed by atoms with Gasteiger partial charge in [0.2, 0.25) is 0 Å². The molecule has 0 saturated heterocycles. The lowest BCUT2D eigenvalue weighted by atomic mass is 10.3. The van der Waals surface area contributed by atoms with Gasteiger partial charge in [-0.1, -0.05) is 18.1 Å². The molecule has 0 aliphatic carbocycles. The Labute approximate surface area is 62.4 Å². The molecule has 0 heterocycles. The van der Waals surface area contributed by atoms with Crippen LogP contribution in [0.1, 0.15) is 6.92 Å². The van der Waals surface area contributed by atoms with Gasteiger partial charge in [-0.05, 0) is 6.92 Å². The van der Waals surface area contributed by atoms with E-state index in [1.807, 2.05) is 0 Å². The molecule has 0 amide bonds. The van der Waals surface area contributed by atoms with Crippen LogP contribution in [0.25, 0.3) is 0 Å². The van der Waals surface area contributed by atoms with E-state index in [4.69, 9.17) is 4.74 Å². The molecule has 0 aliphatic heterocycles. The summed E-state index contributed by atoms with van der Waals surface area (Å²) in [6, 6.07) is 0. The Bertz CT molecular complexity index is 151. The van der Waals surface area contributed by atoms with E-state index in [0.717, 1.165) is 0 Å². The average molecular weight is 136 g/mol. The van der Waals surface area contributed by atoms with E-state index in [2.05, 4.69) is 25.0 Å². The van der Waals surface area contributed by atoms with Gasteiger partial charge >= 0.3 is 0 Å². The molecule has 0 aliphatic rings. The maximum Gasteiger partial charge on any atom is 0.108 e. The summed E-state index contributed by atoms with van der Waals surface area (Å²) < 4.78 is 5.17. The van der Waals surface area contributed by atoms with Crippen molar-refractivity contribution in [1.29, 1.82) is 0 Å². The molecule has 0 fully saturated rings. The largest absolute Gasteiger partial charge is 0.357 e. The summed E-state index contributed by atoms with van der Waals surface area (Å²) >= 11 is 0. The Morgan fingerprint density at radius 3 is 2.50 bits per heavy atom. The average Bonchev–Trinajstić information content (AvgIpc) is 1.99. The van der Waals surface area contributed by atoms with Crippen LogP contribution >= 0.6 is 0 Å². The van der Waals surface area contributed by atoms with Crippen LogP contribution in [-0.2, 0) is 4.74 Å². The van der Waals surface area contributed by atoms with E-state index in [1.54, 1.807) is 19.1 Å². The zero-order valence-electron chi connectivity index (χ0n) is 6.26. The Kier molecular flexibility index (Phi) is 5.51. The molecule has 0 atom stereocenters. The van der Waals surface area contributed by atoms with E-state index >= 15 is 0 Å². The summed E-state index contributed by atoms with van der Waals surface area (Å²) in [5.41, 5.74) is 0. The molecule has 1 nitrogen and oxygen atoms in total. The third-order valence-corrected chi connectivity index (χ3v) is 0.989. The molecule has 54 valence electrons. The third kappa shape index (κ3) is 3.94. The van der Waals surface area contributed by atoms with Crippen LogP contribution in [-0.4, -0.2) is 12.7 Å². The molecule has 1 heteroatoms. The Morgan fingerprint density at radius 2 is 2.10 bits per heavy atom. The van der Waals surface area contributed by atoms with Crippen molar-refractivity contribution in [2.24, 2.45) is 0 Å². The highest BCUT2D eigenvalue weighted by atomic mass is 16.5. The molecule has 0 aromatic rings. The second-order valence-corrected chi connectivity index (χ2v) is 1.67. The maximum atomic E-state index is 5.17. The Balaban J connectivity index is 3.50. The third-order valence-electron chi connectivity index (χ3n) is 0.989. The van der Waals surface area contributed by atoms with Crippen molar-refractivity contribution in [1.82, 2.24) is 0 Å². The van der Waals surface area contributed by atoms with Gasteiger partial charge < -0.3 is 4.74 Å². The fourth-order valence-electron chi connectivity index (χ4n) is 0.442. The molecular weight excluding hydrogens is 124 g/mol. The topological polar surface area (TPSA) is 9.23 Å². The maximum absolute atomic E-state index is 5.17. The molecular formula is C9H12O. The van der Waals surface area contributed by atoms with Gasteiger partial charge in [-0.2, -0.15) is 0 Å². The highest BCUT2D eigenvalue weighted by Crippen LogP contribution is 1.92. The number of hydrogen-bond acceptors (Lipinski definition) is 1. The van der Waals surface area contributed by atoms with Crippen LogP contribution in [0.15, 0.2) is 25.3 Å². The van der Waals surface area contributed by atoms with Gasteiger partial charge in [0.05, 0.1) is 6.10 Å². The van der Waals surface area contributed by atoms with Crippen molar-refractivity contribution < 1.29 is 4.74 Å². The molecule has 0 spiro atoms. The first-order valence-corrected chi connectivity index (χ1v) is 3.11. The molecule has 10 heavy (non-hydrogen) atoms. The fraction of sp³-hybridized carbons (Fsp3) is 0.333. The smallest absolute Gasteiger partial charge is 0.108 e. The van der Waals surface area contributed by atoms with Gasteiger partial charge in [-0.3, -0.25) is 0 Å². The van der Waals surface area contributed by atoms with Crippen molar-refractivity contribution in [2.45, 2.75) is 13.0 Å². The first-order valence-electron chi connectivity index (χ1n) is 3.11. The van der Waals surface area contributed by atoms with Crippen molar-refractivity contribution in [3.8, 4) is 11.8 Å². The van der Waals surface area contributed by atoms with Crippen molar-refractivity contribution in [3.63, 3.8) is 0 Å². The lowest BCUT2D eigenvalue weighted by Gasteiger charge is -2.03. The van der Waals surface area contributed by atoms with Crippen LogP contribution in [0.4, 0.5) is 0 Å². The molecule has 0 N–H and O–H groups in total. The van der Waals surface area contributed by atoms with E-state index in [-0.39, 0.29) is 6.10 Å². The molecule has 0 unspecified atom stereocenters. The fourth-order valence-corrected chi connectivity index (χ4v) is 0.442. The predicted molar refractivity (Wildman–Crippen MR) is 43.6 cm³/mol. The summed E-state index contributed by atoms with van der Waals surface area (Å²) in [4.78, 5) is 0. The zero-order valence-corrected chi connectivity index (χ0v) is 6.26. The summed E-state index contributed by atoms with van der Waals surface area (Å²) in [6.07, 6.45) is 3.30. The van der Waals surface area contributed by atoms with Gasteiger partial charge in [-0.25, -0.2) is 0 Å². The first kappa shape index (κ1) is 9.00. The van der Waals surface area contributed by atoms with Gasteiger partial charge in [0.1, 0.15) is 6.61 Å². The minimum Gasteiger partial charge on any atom is -0.357 e. The van der Waals surface area contributed by atoms with Gasteiger partial charge in [0.25, 0.3) is 0 Å². The summed E-state index contributed by atoms with van der Waals surface area (Å²) in [6.45, 7) is 9.35. The number of hydrogen-bond donors (Lipinski definition) is 0.